The number of nitrogens with zero attached hydrogens (tertiary/aromatic N) is 6. The third-order valence-electron chi connectivity index (χ3n) is 4.35. The Balaban J connectivity index is 1.74. The quantitative estimate of drug-likeness (QED) is 0.507. The van der Waals surface area contributed by atoms with Gasteiger partial charge in [-0.1, -0.05) is 5.92 Å². The van der Waals surface area contributed by atoms with Crippen LogP contribution in [0.2, 0.25) is 0 Å². The summed E-state index contributed by atoms with van der Waals surface area (Å²) in [5, 5.41) is 10.5. The fourth-order valence-electron chi connectivity index (χ4n) is 2.97. The highest BCUT2D eigenvalue weighted by atomic mass is 19.1. The number of aromatic nitrogens is 6. The normalized spacial score (nSPS) is 10.5. The van der Waals surface area contributed by atoms with Crippen molar-refractivity contribution < 1.29 is 9.18 Å². The van der Waals surface area contributed by atoms with Gasteiger partial charge in [0.1, 0.15) is 11.5 Å². The fraction of sp³-hybridized carbons (Fsp3) is 0.150. The van der Waals surface area contributed by atoms with Crippen LogP contribution in [0.25, 0.3) is 16.9 Å². The van der Waals surface area contributed by atoms with Crippen LogP contribution in [0.5, 0.6) is 0 Å². The number of hydrogen-bond acceptors (Lipinski definition) is 6. The van der Waals surface area contributed by atoms with Crippen molar-refractivity contribution in [1.29, 1.82) is 0 Å². The van der Waals surface area contributed by atoms with Crippen molar-refractivity contribution in [2.45, 2.75) is 13.8 Å². The second-order valence-electron chi connectivity index (χ2n) is 6.44. The Morgan fingerprint density at radius 2 is 2.10 bits per heavy atom. The summed E-state index contributed by atoms with van der Waals surface area (Å²) in [5.41, 5.74) is 1.84. The second-order valence-corrected chi connectivity index (χ2v) is 6.44. The van der Waals surface area contributed by atoms with Crippen molar-refractivity contribution in [3.05, 3.63) is 48.3 Å². The van der Waals surface area contributed by atoms with Crippen LogP contribution in [-0.2, 0) is 11.8 Å². The minimum atomic E-state index is -0.597. The van der Waals surface area contributed by atoms with Crippen molar-refractivity contribution in [1.82, 2.24) is 29.3 Å². The molecular formula is C20H17FN8O. The van der Waals surface area contributed by atoms with Crippen molar-refractivity contribution in [2.75, 3.05) is 10.6 Å². The average Bonchev–Trinajstić information content (AvgIpc) is 3.26. The zero-order valence-corrected chi connectivity index (χ0v) is 16.4. The predicted molar refractivity (Wildman–Crippen MR) is 110 cm³/mol. The van der Waals surface area contributed by atoms with E-state index in [0.29, 0.717) is 17.2 Å². The van der Waals surface area contributed by atoms with Gasteiger partial charge in [-0.25, -0.2) is 14.4 Å². The summed E-state index contributed by atoms with van der Waals surface area (Å²) in [6.45, 7) is 3.45. The van der Waals surface area contributed by atoms with E-state index in [-0.39, 0.29) is 11.8 Å². The molecule has 0 saturated heterocycles. The van der Waals surface area contributed by atoms with E-state index in [9.17, 15) is 9.18 Å². The molecule has 4 heterocycles. The molecule has 4 aromatic rings. The number of amides is 1. The number of nitrogens with one attached hydrogen (secondary N) is 2. The van der Waals surface area contributed by atoms with Gasteiger partial charge in [-0.2, -0.15) is 10.1 Å². The molecule has 150 valence electrons. The first-order chi connectivity index (χ1) is 14.5. The molecule has 0 saturated carbocycles. The van der Waals surface area contributed by atoms with Crippen LogP contribution in [0.15, 0.2) is 36.9 Å². The number of carbonyl (C=O) groups excluding carboxylic acids is 1. The fourth-order valence-corrected chi connectivity index (χ4v) is 2.97. The first-order valence-corrected chi connectivity index (χ1v) is 8.95. The standard InChI is InChI=1S/C20H17FN8O/c1-4-5-17(30)25-13-8-14-12(2)11-29(18(14)22-9-13)19-15(21)10-23-20(27-19)26-16-6-7-24-28(16)3/h6-11H,1-3H3,(H,25,30)(H,23,26,27). The molecule has 2 N–H and O–H groups in total. The number of halogens is 1. The van der Waals surface area contributed by atoms with E-state index in [0.717, 1.165) is 17.1 Å². The number of hydrogen-bond donors (Lipinski definition) is 2. The van der Waals surface area contributed by atoms with Crippen LogP contribution >= 0.6 is 0 Å². The van der Waals surface area contributed by atoms with Crippen LogP contribution in [0.3, 0.4) is 0 Å². The molecule has 0 fully saturated rings. The van der Waals surface area contributed by atoms with E-state index < -0.39 is 11.7 Å². The molecule has 4 aromatic heterocycles. The lowest BCUT2D eigenvalue weighted by Gasteiger charge is -2.09. The molecule has 30 heavy (non-hydrogen) atoms. The summed E-state index contributed by atoms with van der Waals surface area (Å²) < 4.78 is 17.8. The molecule has 0 aliphatic carbocycles. The highest BCUT2D eigenvalue weighted by molar-refractivity contribution is 6.04. The van der Waals surface area contributed by atoms with Crippen LogP contribution in [-0.4, -0.2) is 35.2 Å². The SMILES string of the molecule is CC#CC(=O)Nc1cnc2c(c1)c(C)cn2-c1nc(Nc2ccnn2C)ncc1F. The van der Waals surface area contributed by atoms with Crippen molar-refractivity contribution >= 4 is 34.4 Å². The van der Waals surface area contributed by atoms with Crippen LogP contribution in [0.4, 0.5) is 21.8 Å². The Morgan fingerprint density at radius 1 is 1.27 bits per heavy atom. The molecule has 10 heteroatoms. The molecule has 0 unspecified atom stereocenters. The summed E-state index contributed by atoms with van der Waals surface area (Å²) in [6.07, 6.45) is 5.94. The van der Waals surface area contributed by atoms with Gasteiger partial charge in [0.2, 0.25) is 5.95 Å². The van der Waals surface area contributed by atoms with Gasteiger partial charge >= 0.3 is 0 Å². The van der Waals surface area contributed by atoms with Gasteiger partial charge in [0.05, 0.1) is 24.3 Å². The predicted octanol–water partition coefficient (Wildman–Crippen LogP) is 2.70. The molecule has 9 nitrogen and oxygen atoms in total. The molecule has 0 aliphatic heterocycles. The molecule has 0 bridgehead atoms. The van der Waals surface area contributed by atoms with E-state index in [2.05, 4.69) is 42.5 Å². The van der Waals surface area contributed by atoms with E-state index in [1.807, 2.05) is 6.92 Å². The van der Waals surface area contributed by atoms with Crippen LogP contribution < -0.4 is 10.6 Å². The van der Waals surface area contributed by atoms with Gasteiger partial charge < -0.3 is 10.6 Å². The maximum absolute atomic E-state index is 14.6. The Morgan fingerprint density at radius 3 is 2.83 bits per heavy atom. The number of pyridine rings is 1. The van der Waals surface area contributed by atoms with Gasteiger partial charge in [-0.05, 0) is 31.4 Å². The Kier molecular flexibility index (Phi) is 4.85. The lowest BCUT2D eigenvalue weighted by Crippen LogP contribution is -2.09. The largest absolute Gasteiger partial charge is 0.314 e. The average molecular weight is 404 g/mol. The molecular weight excluding hydrogens is 387 g/mol. The Hall–Kier alpha value is -4.26. The maximum atomic E-state index is 14.6. The second kappa shape index (κ2) is 7.63. The molecule has 0 radical (unpaired) electrons. The third kappa shape index (κ3) is 3.56. The van der Waals surface area contributed by atoms with Gasteiger partial charge in [0.25, 0.3) is 5.91 Å². The first kappa shape index (κ1) is 19.1. The minimum absolute atomic E-state index is 0.0499. The molecule has 1 amide bonds. The summed E-state index contributed by atoms with van der Waals surface area (Å²) in [6, 6.07) is 3.51. The topological polar surface area (TPSA) is 103 Å². The third-order valence-corrected chi connectivity index (χ3v) is 4.35. The number of aryl methyl sites for hydroxylation is 2. The van der Waals surface area contributed by atoms with Crippen LogP contribution in [0.1, 0.15) is 12.5 Å². The van der Waals surface area contributed by atoms with E-state index in [4.69, 9.17) is 0 Å². The molecule has 0 aliphatic rings. The van der Waals surface area contributed by atoms with Crippen molar-refractivity contribution in [2.24, 2.45) is 7.05 Å². The molecule has 4 rings (SSSR count). The highest BCUT2D eigenvalue weighted by Gasteiger charge is 2.16. The van der Waals surface area contributed by atoms with E-state index in [1.165, 1.54) is 6.20 Å². The van der Waals surface area contributed by atoms with Gasteiger partial charge in [-0.15, -0.1) is 0 Å². The summed E-state index contributed by atoms with van der Waals surface area (Å²) in [7, 11) is 1.77. The number of carbonyl (C=O) groups is 1. The zero-order valence-electron chi connectivity index (χ0n) is 16.4. The lowest BCUT2D eigenvalue weighted by molar-refractivity contribution is -0.111. The molecule has 0 aromatic carbocycles. The van der Waals surface area contributed by atoms with Gasteiger partial charge in [-0.3, -0.25) is 14.0 Å². The first-order valence-electron chi connectivity index (χ1n) is 8.95. The minimum Gasteiger partial charge on any atom is -0.314 e. The number of fused-ring (bicyclic) bond motifs is 1. The zero-order chi connectivity index (χ0) is 21.3. The Labute approximate surface area is 171 Å². The molecule has 0 atom stereocenters. The van der Waals surface area contributed by atoms with Crippen LogP contribution in [0, 0.1) is 24.6 Å². The van der Waals surface area contributed by atoms with Crippen molar-refractivity contribution in [3.8, 4) is 17.7 Å². The smallest absolute Gasteiger partial charge is 0.300 e. The lowest BCUT2D eigenvalue weighted by atomic mass is 10.2. The number of anilines is 3. The number of rotatable bonds is 4. The monoisotopic (exact) mass is 404 g/mol. The Bertz CT molecular complexity index is 1330. The molecule has 0 spiro atoms. The van der Waals surface area contributed by atoms with E-state index in [1.54, 1.807) is 47.7 Å². The van der Waals surface area contributed by atoms with Gasteiger partial charge in [0, 0.05) is 24.7 Å². The van der Waals surface area contributed by atoms with E-state index >= 15 is 0 Å². The van der Waals surface area contributed by atoms with Gasteiger partial charge in [0.15, 0.2) is 11.6 Å². The van der Waals surface area contributed by atoms with Crippen molar-refractivity contribution in [3.63, 3.8) is 0 Å². The summed E-state index contributed by atoms with van der Waals surface area (Å²) in [5.74, 6) is 4.86. The summed E-state index contributed by atoms with van der Waals surface area (Å²) in [4.78, 5) is 24.4. The summed E-state index contributed by atoms with van der Waals surface area (Å²) >= 11 is 0. The highest BCUT2D eigenvalue weighted by Crippen LogP contribution is 2.26. The maximum Gasteiger partial charge on any atom is 0.300 e.